The molecular weight excluding hydrogens is 454 g/mol. The Kier molecular flexibility index (Phi) is 6.24. The third-order valence-electron chi connectivity index (χ3n) is 6.80. The first kappa shape index (κ1) is 23.4. The van der Waals surface area contributed by atoms with Crippen LogP contribution >= 0.6 is 11.3 Å². The first-order valence-electron chi connectivity index (χ1n) is 12.1. The van der Waals surface area contributed by atoms with Gasteiger partial charge in [0.2, 0.25) is 0 Å². The Hall–Kier alpha value is -3.38. The third kappa shape index (κ3) is 4.50. The van der Waals surface area contributed by atoms with E-state index in [1.54, 1.807) is 7.11 Å². The smallest absolute Gasteiger partial charge is 0.266 e. The molecule has 0 aliphatic carbocycles. The molecule has 3 heterocycles. The molecular formula is C29H31N3O2S. The molecule has 1 saturated heterocycles. The molecule has 0 radical (unpaired) electrons. The zero-order valence-corrected chi connectivity index (χ0v) is 21.5. The number of rotatable bonds is 4. The van der Waals surface area contributed by atoms with Crippen molar-refractivity contribution in [2.45, 2.75) is 27.2 Å². The van der Waals surface area contributed by atoms with Crippen LogP contribution in [0.5, 0.6) is 5.75 Å². The lowest BCUT2D eigenvalue weighted by molar-refractivity contribution is 0.0629. The zero-order chi connectivity index (χ0) is 24.7. The molecule has 2 aromatic carbocycles. The predicted octanol–water partition coefficient (Wildman–Crippen LogP) is 6.65. The van der Waals surface area contributed by atoms with E-state index in [9.17, 15) is 4.79 Å². The summed E-state index contributed by atoms with van der Waals surface area (Å²) in [6.07, 6.45) is 1.15. The number of benzene rings is 2. The Labute approximate surface area is 210 Å². The SMILES string of the molecule is COc1ccc(-c2cc(-c3ccc(C)cc3)c3c(N)c(C(=O)N4CC(C)CC(C)C4)sc3n2)cc1. The van der Waals surface area contributed by atoms with Gasteiger partial charge < -0.3 is 15.4 Å². The van der Waals surface area contributed by atoms with E-state index in [1.165, 1.54) is 16.9 Å². The Morgan fingerprint density at radius 3 is 2.29 bits per heavy atom. The van der Waals surface area contributed by atoms with E-state index in [4.69, 9.17) is 15.5 Å². The van der Waals surface area contributed by atoms with Crippen LogP contribution in [0, 0.1) is 18.8 Å². The van der Waals surface area contributed by atoms with Crippen molar-refractivity contribution >= 4 is 33.1 Å². The standard InChI is InChI=1S/C29H31N3O2S/c1-17-5-7-20(8-6-17)23-14-24(21-9-11-22(34-4)12-10-21)31-28-25(23)26(30)27(35-28)29(33)32-15-18(2)13-19(3)16-32/h5-12,14,18-19H,13,15-16,30H2,1-4H3. The topological polar surface area (TPSA) is 68.5 Å². The summed E-state index contributed by atoms with van der Waals surface area (Å²) >= 11 is 1.40. The second-order valence-corrected chi connectivity index (χ2v) is 10.8. The highest BCUT2D eigenvalue weighted by atomic mass is 32.1. The summed E-state index contributed by atoms with van der Waals surface area (Å²) < 4.78 is 5.32. The minimum Gasteiger partial charge on any atom is -0.497 e. The molecule has 5 nitrogen and oxygen atoms in total. The molecule has 180 valence electrons. The number of hydrogen-bond acceptors (Lipinski definition) is 5. The number of hydrogen-bond donors (Lipinski definition) is 1. The summed E-state index contributed by atoms with van der Waals surface area (Å²) in [6.45, 7) is 8.04. The number of likely N-dealkylation sites (tertiary alicyclic amines) is 1. The molecule has 5 rings (SSSR count). The molecule has 1 aliphatic rings. The number of anilines is 1. The minimum absolute atomic E-state index is 0.0183. The van der Waals surface area contributed by atoms with Gasteiger partial charge in [-0.05, 0) is 66.6 Å². The molecule has 2 aromatic heterocycles. The Morgan fingerprint density at radius 1 is 1.03 bits per heavy atom. The average molecular weight is 486 g/mol. The number of methoxy groups -OCH3 is 1. The first-order valence-corrected chi connectivity index (χ1v) is 12.9. The maximum Gasteiger partial charge on any atom is 0.266 e. The van der Waals surface area contributed by atoms with Crippen LogP contribution in [0.2, 0.25) is 0 Å². The van der Waals surface area contributed by atoms with Gasteiger partial charge in [0.1, 0.15) is 15.5 Å². The molecule has 1 aliphatic heterocycles. The third-order valence-corrected chi connectivity index (χ3v) is 7.89. The zero-order valence-electron chi connectivity index (χ0n) is 20.7. The van der Waals surface area contributed by atoms with Gasteiger partial charge in [-0.2, -0.15) is 0 Å². The van der Waals surface area contributed by atoms with Gasteiger partial charge in [0.25, 0.3) is 5.91 Å². The number of nitrogens with zero attached hydrogens (tertiary/aromatic N) is 2. The molecule has 35 heavy (non-hydrogen) atoms. The Bertz CT molecular complexity index is 1370. The summed E-state index contributed by atoms with van der Waals surface area (Å²) in [5.41, 5.74) is 12.3. The van der Waals surface area contributed by atoms with Crippen molar-refractivity contribution in [1.29, 1.82) is 0 Å². The van der Waals surface area contributed by atoms with Crippen molar-refractivity contribution in [3.8, 4) is 28.1 Å². The summed E-state index contributed by atoms with van der Waals surface area (Å²) in [6, 6.07) is 18.4. The number of ether oxygens (including phenoxy) is 1. The van der Waals surface area contributed by atoms with Crippen LogP contribution in [0.3, 0.4) is 0 Å². The lowest BCUT2D eigenvalue weighted by Gasteiger charge is -2.34. The highest BCUT2D eigenvalue weighted by Crippen LogP contribution is 2.42. The molecule has 1 fully saturated rings. The van der Waals surface area contributed by atoms with Crippen LogP contribution < -0.4 is 10.5 Å². The van der Waals surface area contributed by atoms with Gasteiger partial charge in [-0.1, -0.05) is 43.7 Å². The molecule has 0 spiro atoms. The number of fused-ring (bicyclic) bond motifs is 1. The number of amides is 1. The molecule has 2 N–H and O–H groups in total. The summed E-state index contributed by atoms with van der Waals surface area (Å²) in [7, 11) is 1.66. The molecule has 2 unspecified atom stereocenters. The van der Waals surface area contributed by atoms with Gasteiger partial charge in [0, 0.05) is 24.0 Å². The fourth-order valence-corrected chi connectivity index (χ4v) is 6.21. The van der Waals surface area contributed by atoms with Crippen LogP contribution in [0.15, 0.2) is 54.6 Å². The van der Waals surface area contributed by atoms with Gasteiger partial charge >= 0.3 is 0 Å². The van der Waals surface area contributed by atoms with E-state index in [1.807, 2.05) is 29.2 Å². The highest BCUT2D eigenvalue weighted by molar-refractivity contribution is 7.21. The Morgan fingerprint density at radius 2 is 1.66 bits per heavy atom. The number of pyridine rings is 1. The van der Waals surface area contributed by atoms with E-state index < -0.39 is 0 Å². The van der Waals surface area contributed by atoms with E-state index in [0.29, 0.717) is 22.4 Å². The van der Waals surface area contributed by atoms with Gasteiger partial charge in [-0.15, -0.1) is 11.3 Å². The molecule has 0 saturated carbocycles. The summed E-state index contributed by atoms with van der Waals surface area (Å²) in [4.78, 5) is 21.9. The van der Waals surface area contributed by atoms with Gasteiger partial charge in [0.15, 0.2) is 0 Å². The largest absolute Gasteiger partial charge is 0.497 e. The second kappa shape index (κ2) is 9.34. The van der Waals surface area contributed by atoms with E-state index in [0.717, 1.165) is 57.9 Å². The molecule has 0 bridgehead atoms. The lowest BCUT2D eigenvalue weighted by atomic mass is 9.92. The van der Waals surface area contributed by atoms with Crippen molar-refractivity contribution in [3.63, 3.8) is 0 Å². The van der Waals surface area contributed by atoms with Gasteiger partial charge in [0.05, 0.1) is 18.5 Å². The van der Waals surface area contributed by atoms with Crippen molar-refractivity contribution in [2.24, 2.45) is 11.8 Å². The van der Waals surface area contributed by atoms with E-state index >= 15 is 0 Å². The number of carbonyl (C=O) groups excluding carboxylic acids is 1. The van der Waals surface area contributed by atoms with Crippen LogP contribution in [-0.2, 0) is 0 Å². The number of piperidine rings is 1. The summed E-state index contributed by atoms with van der Waals surface area (Å²) in [5.74, 6) is 1.79. The highest BCUT2D eigenvalue weighted by Gasteiger charge is 2.30. The van der Waals surface area contributed by atoms with Gasteiger partial charge in [-0.25, -0.2) is 4.98 Å². The quantitative estimate of drug-likeness (QED) is 0.351. The van der Waals surface area contributed by atoms with E-state index in [2.05, 4.69) is 51.1 Å². The van der Waals surface area contributed by atoms with Gasteiger partial charge in [-0.3, -0.25) is 4.79 Å². The minimum atomic E-state index is 0.0183. The van der Waals surface area contributed by atoms with Crippen molar-refractivity contribution in [1.82, 2.24) is 9.88 Å². The maximum absolute atomic E-state index is 13.6. The fourth-order valence-electron chi connectivity index (χ4n) is 5.12. The van der Waals surface area contributed by atoms with Crippen LogP contribution in [0.25, 0.3) is 32.6 Å². The van der Waals surface area contributed by atoms with Crippen molar-refractivity contribution in [2.75, 3.05) is 25.9 Å². The monoisotopic (exact) mass is 485 g/mol. The molecule has 4 aromatic rings. The normalized spacial score (nSPS) is 18.1. The lowest BCUT2D eigenvalue weighted by Crippen LogP contribution is -2.42. The number of carbonyl (C=O) groups is 1. The number of nitrogen functional groups attached to an aromatic ring is 1. The van der Waals surface area contributed by atoms with Crippen LogP contribution in [0.4, 0.5) is 5.69 Å². The maximum atomic E-state index is 13.6. The molecule has 2 atom stereocenters. The van der Waals surface area contributed by atoms with E-state index in [-0.39, 0.29) is 5.91 Å². The number of thiophene rings is 1. The number of aromatic nitrogens is 1. The number of nitrogens with two attached hydrogens (primary N) is 1. The molecule has 1 amide bonds. The number of aryl methyl sites for hydroxylation is 1. The van der Waals surface area contributed by atoms with Crippen molar-refractivity contribution < 1.29 is 9.53 Å². The molecule has 6 heteroatoms. The summed E-state index contributed by atoms with van der Waals surface area (Å²) in [5, 5.41) is 0.859. The van der Waals surface area contributed by atoms with Crippen molar-refractivity contribution in [3.05, 3.63) is 65.0 Å². The van der Waals surface area contributed by atoms with Crippen LogP contribution in [-0.4, -0.2) is 36.0 Å². The predicted molar refractivity (Wildman–Crippen MR) is 145 cm³/mol. The average Bonchev–Trinajstić information content (AvgIpc) is 3.19. The fraction of sp³-hybridized carbons (Fsp3) is 0.310. The second-order valence-electron chi connectivity index (χ2n) is 9.83. The Balaban J connectivity index is 1.66. The first-order chi connectivity index (χ1) is 16.8. The van der Waals surface area contributed by atoms with Crippen LogP contribution in [0.1, 0.15) is 35.5 Å².